The number of aliphatic hydroxyl groups excluding tert-OH is 1. The summed E-state index contributed by atoms with van der Waals surface area (Å²) in [6.07, 6.45) is -13.6. The van der Waals surface area contributed by atoms with Gasteiger partial charge in [0.05, 0.1) is 8.99 Å². The lowest BCUT2D eigenvalue weighted by Crippen LogP contribution is -2.69. The van der Waals surface area contributed by atoms with Crippen LogP contribution in [0.4, 0.5) is 26.3 Å². The molecule has 1 aliphatic heterocycles. The molecular weight excluding hydrogens is 551 g/mol. The summed E-state index contributed by atoms with van der Waals surface area (Å²) in [6, 6.07) is 4.50. The second-order valence-corrected chi connectivity index (χ2v) is 10.0. The van der Waals surface area contributed by atoms with E-state index < -0.39 is 39.2 Å². The fourth-order valence-corrected chi connectivity index (χ4v) is 3.32. The highest BCUT2D eigenvalue weighted by Crippen LogP contribution is 2.50. The zero-order chi connectivity index (χ0) is 24.0. The lowest BCUT2D eigenvalue weighted by Gasteiger charge is -2.43. The number of rotatable bonds is 7. The van der Waals surface area contributed by atoms with Gasteiger partial charge in [-0.2, -0.15) is 26.3 Å². The number of ether oxygens (including phenoxy) is 2. The number of aliphatic hydroxyl groups is 2. The van der Waals surface area contributed by atoms with E-state index in [1.165, 1.54) is 12.1 Å². The van der Waals surface area contributed by atoms with E-state index in [4.69, 9.17) is 4.74 Å². The number of carbonyl (C=O) groups is 1. The van der Waals surface area contributed by atoms with E-state index >= 15 is 0 Å². The smallest absolute Gasteiger partial charge is 0.430 e. The highest BCUT2D eigenvalue weighted by molar-refractivity contribution is 14.1. The molecule has 1 aromatic rings. The number of alkyl halides is 7. The molecule has 0 spiro atoms. The first kappa shape index (κ1) is 25.9. The van der Waals surface area contributed by atoms with Gasteiger partial charge in [-0.05, 0) is 45.0 Å². The average Bonchev–Trinajstić information content (AvgIpc) is 3.44. The minimum atomic E-state index is -6.16. The van der Waals surface area contributed by atoms with Gasteiger partial charge in [-0.3, -0.25) is 0 Å². The van der Waals surface area contributed by atoms with Gasteiger partial charge in [0.25, 0.3) is 5.60 Å². The van der Waals surface area contributed by atoms with E-state index in [1.54, 1.807) is 6.92 Å². The maximum Gasteiger partial charge on any atom is 0.430 e. The molecule has 13 heteroatoms. The minimum absolute atomic E-state index is 0.0283. The monoisotopic (exact) mass is 571 g/mol. The van der Waals surface area contributed by atoms with Crippen molar-refractivity contribution >= 4 is 28.6 Å². The fraction of sp³-hybridized carbons (Fsp3) is 0.611. The SMILES string of the molecule is CC(I)(C1CN1)C(O)Oc1ccc(C(=O)OC(C)(C)C(O)(C(F)(F)F)C(F)(F)F)cc1. The molecule has 1 saturated heterocycles. The zero-order valence-corrected chi connectivity index (χ0v) is 18.6. The van der Waals surface area contributed by atoms with Crippen molar-refractivity contribution in [1.82, 2.24) is 5.32 Å². The topological polar surface area (TPSA) is 97.9 Å². The van der Waals surface area contributed by atoms with Crippen LogP contribution in [-0.4, -0.2) is 62.0 Å². The third-order valence-corrected chi connectivity index (χ3v) is 6.23. The Kier molecular flexibility index (Phi) is 6.88. The largest absolute Gasteiger partial charge is 0.464 e. The van der Waals surface area contributed by atoms with Crippen molar-refractivity contribution < 1.29 is 50.8 Å². The van der Waals surface area contributed by atoms with Gasteiger partial charge in [-0.15, -0.1) is 0 Å². The first-order valence-corrected chi connectivity index (χ1v) is 9.88. The van der Waals surface area contributed by atoms with Crippen LogP contribution >= 0.6 is 22.6 Å². The fourth-order valence-electron chi connectivity index (χ4n) is 2.75. The Bertz CT molecular complexity index is 791. The average molecular weight is 571 g/mol. The number of benzene rings is 1. The molecule has 3 atom stereocenters. The van der Waals surface area contributed by atoms with Gasteiger partial charge < -0.3 is 25.0 Å². The van der Waals surface area contributed by atoms with Crippen LogP contribution < -0.4 is 10.1 Å². The van der Waals surface area contributed by atoms with Gasteiger partial charge in [0.1, 0.15) is 5.75 Å². The van der Waals surface area contributed by atoms with Crippen LogP contribution in [0.15, 0.2) is 24.3 Å². The zero-order valence-electron chi connectivity index (χ0n) is 16.4. The Morgan fingerprint density at radius 2 is 1.55 bits per heavy atom. The minimum Gasteiger partial charge on any atom is -0.464 e. The van der Waals surface area contributed by atoms with Crippen LogP contribution in [-0.2, 0) is 4.74 Å². The molecular formula is C18H20F6INO5. The summed E-state index contributed by atoms with van der Waals surface area (Å²) >= 11 is 2.01. The predicted molar refractivity (Wildman–Crippen MR) is 104 cm³/mol. The molecule has 1 aromatic carbocycles. The number of hydrogen-bond acceptors (Lipinski definition) is 6. The van der Waals surface area contributed by atoms with Crippen molar-refractivity contribution in [2.24, 2.45) is 0 Å². The molecule has 31 heavy (non-hydrogen) atoms. The van der Waals surface area contributed by atoms with Crippen molar-refractivity contribution in [3.8, 4) is 5.75 Å². The van der Waals surface area contributed by atoms with Crippen molar-refractivity contribution in [1.29, 1.82) is 0 Å². The quantitative estimate of drug-likeness (QED) is 0.116. The number of esters is 1. The molecule has 1 fully saturated rings. The standard InChI is InChI=1S/C18H20F6INO5/c1-14(2,16(29,17(19,20)21)18(22,23)24)31-12(27)9-4-6-10(7-5-9)30-13(28)15(3,25)11-8-26-11/h4-7,11,13,26,28-29H,8H2,1-3H3. The molecule has 176 valence electrons. The molecule has 1 heterocycles. The molecule has 0 bridgehead atoms. The van der Waals surface area contributed by atoms with Crippen LogP contribution in [0.5, 0.6) is 5.75 Å². The molecule has 0 amide bonds. The van der Waals surface area contributed by atoms with E-state index in [0.29, 0.717) is 20.4 Å². The van der Waals surface area contributed by atoms with Crippen molar-refractivity contribution in [3.05, 3.63) is 29.8 Å². The third-order valence-electron chi connectivity index (χ3n) is 4.95. The van der Waals surface area contributed by atoms with Gasteiger partial charge in [0.15, 0.2) is 5.60 Å². The number of carbonyl (C=O) groups excluding carboxylic acids is 1. The molecule has 3 unspecified atom stereocenters. The first-order valence-electron chi connectivity index (χ1n) is 8.81. The van der Waals surface area contributed by atoms with Crippen LogP contribution in [0.1, 0.15) is 31.1 Å². The molecule has 1 aliphatic rings. The van der Waals surface area contributed by atoms with E-state index in [0.717, 1.165) is 12.1 Å². The summed E-state index contributed by atoms with van der Waals surface area (Å²) in [4.78, 5) is 12.2. The van der Waals surface area contributed by atoms with E-state index in [1.807, 2.05) is 22.6 Å². The Labute approximate surface area is 187 Å². The lowest BCUT2D eigenvalue weighted by molar-refractivity contribution is -0.406. The van der Waals surface area contributed by atoms with Crippen molar-refractivity contribution in [2.75, 3.05) is 6.54 Å². The molecule has 0 saturated carbocycles. The lowest BCUT2D eigenvalue weighted by atomic mass is 9.84. The number of nitrogens with one attached hydrogen (secondary N) is 1. The summed E-state index contributed by atoms with van der Waals surface area (Å²) in [6.45, 7) is 3.07. The van der Waals surface area contributed by atoms with Gasteiger partial charge in [-0.25, -0.2) is 4.79 Å². The molecule has 0 aromatic heterocycles. The molecule has 2 rings (SSSR count). The van der Waals surface area contributed by atoms with E-state index in [-0.39, 0.29) is 17.4 Å². The van der Waals surface area contributed by atoms with Crippen LogP contribution in [0.3, 0.4) is 0 Å². The second-order valence-electron chi connectivity index (χ2n) is 7.71. The van der Waals surface area contributed by atoms with E-state index in [9.17, 15) is 41.4 Å². The summed E-state index contributed by atoms with van der Waals surface area (Å²) in [5.74, 6) is -1.42. The third kappa shape index (κ3) is 5.03. The van der Waals surface area contributed by atoms with Crippen LogP contribution in [0.2, 0.25) is 0 Å². The number of hydrogen-bond donors (Lipinski definition) is 3. The second kappa shape index (κ2) is 8.23. The molecule has 0 aliphatic carbocycles. The Hall–Kier alpha value is -1.32. The van der Waals surface area contributed by atoms with E-state index in [2.05, 4.69) is 10.1 Å². The normalized spacial score (nSPS) is 20.6. The highest BCUT2D eigenvalue weighted by Gasteiger charge is 2.78. The van der Waals surface area contributed by atoms with Crippen molar-refractivity contribution in [2.45, 2.75) is 60.1 Å². The van der Waals surface area contributed by atoms with Crippen LogP contribution in [0.25, 0.3) is 0 Å². The van der Waals surface area contributed by atoms with Crippen molar-refractivity contribution in [3.63, 3.8) is 0 Å². The first-order chi connectivity index (χ1) is 13.8. The molecule has 3 N–H and O–H groups in total. The van der Waals surface area contributed by atoms with Gasteiger partial charge >= 0.3 is 18.3 Å². The Morgan fingerprint density at radius 1 is 1.10 bits per heavy atom. The van der Waals surface area contributed by atoms with Gasteiger partial charge in [0.2, 0.25) is 6.29 Å². The Balaban J connectivity index is 2.16. The summed E-state index contributed by atoms with van der Waals surface area (Å²) in [5.41, 5.74) is -9.08. The molecule has 0 radical (unpaired) electrons. The van der Waals surface area contributed by atoms with Crippen LogP contribution in [0, 0.1) is 0 Å². The van der Waals surface area contributed by atoms with Gasteiger partial charge in [-0.1, -0.05) is 22.6 Å². The maximum absolute atomic E-state index is 13.1. The number of halogens is 7. The summed E-state index contributed by atoms with van der Waals surface area (Å²) in [7, 11) is 0. The summed E-state index contributed by atoms with van der Waals surface area (Å²) < 4.78 is 87.6. The highest BCUT2D eigenvalue weighted by atomic mass is 127. The molecule has 6 nitrogen and oxygen atoms in total. The van der Waals surface area contributed by atoms with Gasteiger partial charge in [0, 0.05) is 12.6 Å². The Morgan fingerprint density at radius 3 is 1.94 bits per heavy atom. The predicted octanol–water partition coefficient (Wildman–Crippen LogP) is 3.34. The maximum atomic E-state index is 13.1. The summed E-state index contributed by atoms with van der Waals surface area (Å²) in [5, 5.41) is 22.7.